The smallest absolute Gasteiger partial charge is 0.253 e. The Balaban J connectivity index is 1.50. The van der Waals surface area contributed by atoms with E-state index < -0.39 is 6.04 Å². The van der Waals surface area contributed by atoms with Crippen molar-refractivity contribution < 1.29 is 4.39 Å². The lowest BCUT2D eigenvalue weighted by Gasteiger charge is -2.35. The minimum atomic E-state index is -0.461. The summed E-state index contributed by atoms with van der Waals surface area (Å²) in [7, 11) is 0. The number of benzene rings is 3. The van der Waals surface area contributed by atoms with Crippen LogP contribution < -0.4 is 5.56 Å². The summed E-state index contributed by atoms with van der Waals surface area (Å²) in [4.78, 5) is 19.0. The summed E-state index contributed by atoms with van der Waals surface area (Å²) in [5.41, 5.74) is 6.85. The molecule has 37 heavy (non-hydrogen) atoms. The Morgan fingerprint density at radius 3 is 2.57 bits per heavy atom. The fraction of sp³-hybridized carbons (Fsp3) is 0.241. The number of H-pyrrole nitrogens is 1. The van der Waals surface area contributed by atoms with Crippen LogP contribution in [0.2, 0.25) is 0 Å². The Bertz CT molecular complexity index is 1660. The first-order valence-electron chi connectivity index (χ1n) is 12.4. The summed E-state index contributed by atoms with van der Waals surface area (Å²) in [6, 6.07) is 20.3. The van der Waals surface area contributed by atoms with Gasteiger partial charge in [0, 0.05) is 24.0 Å². The zero-order chi connectivity index (χ0) is 25.5. The number of tetrazole rings is 1. The summed E-state index contributed by atoms with van der Waals surface area (Å²) < 4.78 is 15.2. The second kappa shape index (κ2) is 9.37. The van der Waals surface area contributed by atoms with Crippen LogP contribution in [0.3, 0.4) is 0 Å². The molecule has 2 aromatic heterocycles. The van der Waals surface area contributed by atoms with Gasteiger partial charge in [0.1, 0.15) is 11.9 Å². The molecule has 186 valence electrons. The highest BCUT2D eigenvalue weighted by molar-refractivity contribution is 5.85. The van der Waals surface area contributed by atoms with E-state index >= 15 is 0 Å². The van der Waals surface area contributed by atoms with Crippen LogP contribution in [-0.4, -0.2) is 36.6 Å². The summed E-state index contributed by atoms with van der Waals surface area (Å²) in [5.74, 6) is 0.290. The number of halogens is 1. The van der Waals surface area contributed by atoms with E-state index in [1.54, 1.807) is 16.8 Å². The fourth-order valence-electron chi connectivity index (χ4n) is 5.31. The van der Waals surface area contributed by atoms with E-state index in [0.29, 0.717) is 24.5 Å². The Morgan fingerprint density at radius 2 is 1.76 bits per heavy atom. The molecule has 8 heteroatoms. The predicted molar refractivity (Wildman–Crippen MR) is 140 cm³/mol. The van der Waals surface area contributed by atoms with Crippen molar-refractivity contribution in [3.63, 3.8) is 0 Å². The molecule has 0 saturated carbocycles. The topological polar surface area (TPSA) is 79.7 Å². The van der Waals surface area contributed by atoms with Gasteiger partial charge in [0.05, 0.1) is 12.1 Å². The summed E-state index contributed by atoms with van der Waals surface area (Å²) in [6.07, 6.45) is 0.871. The van der Waals surface area contributed by atoms with Gasteiger partial charge in [-0.15, -0.1) is 5.10 Å². The van der Waals surface area contributed by atoms with Gasteiger partial charge in [-0.3, -0.25) is 9.69 Å². The van der Waals surface area contributed by atoms with E-state index in [1.807, 2.05) is 25.1 Å². The maximum Gasteiger partial charge on any atom is 0.253 e. The number of hydrogen-bond donors (Lipinski definition) is 1. The highest BCUT2D eigenvalue weighted by Gasteiger charge is 2.32. The number of pyridine rings is 1. The molecule has 0 amide bonds. The molecule has 0 spiro atoms. The Hall–Kier alpha value is -4.17. The van der Waals surface area contributed by atoms with Crippen molar-refractivity contribution >= 4 is 10.9 Å². The van der Waals surface area contributed by atoms with E-state index in [4.69, 9.17) is 0 Å². The molecule has 1 aliphatic rings. The number of aryl methyl sites for hydroxylation is 2. The van der Waals surface area contributed by atoms with Crippen LogP contribution in [0, 0.1) is 19.7 Å². The van der Waals surface area contributed by atoms with Gasteiger partial charge in [-0.1, -0.05) is 48.5 Å². The molecule has 0 unspecified atom stereocenters. The molecular weight excluding hydrogens is 467 g/mol. The molecule has 1 atom stereocenters. The highest BCUT2D eigenvalue weighted by Crippen LogP contribution is 2.32. The summed E-state index contributed by atoms with van der Waals surface area (Å²) in [5, 5.41) is 13.7. The van der Waals surface area contributed by atoms with Gasteiger partial charge in [0.25, 0.3) is 5.56 Å². The van der Waals surface area contributed by atoms with Crippen molar-refractivity contribution in [3.8, 4) is 0 Å². The van der Waals surface area contributed by atoms with Crippen LogP contribution in [0.4, 0.5) is 4.39 Å². The zero-order valence-electron chi connectivity index (χ0n) is 20.8. The third kappa shape index (κ3) is 4.34. The van der Waals surface area contributed by atoms with Crippen LogP contribution in [0.25, 0.3) is 10.9 Å². The first kappa shape index (κ1) is 23.2. The molecule has 5 aromatic rings. The van der Waals surface area contributed by atoms with Gasteiger partial charge in [-0.25, -0.2) is 9.07 Å². The molecule has 3 heterocycles. The van der Waals surface area contributed by atoms with Crippen molar-refractivity contribution in [2.24, 2.45) is 0 Å². The Morgan fingerprint density at radius 1 is 1.00 bits per heavy atom. The van der Waals surface area contributed by atoms with Crippen molar-refractivity contribution in [1.29, 1.82) is 0 Å². The van der Waals surface area contributed by atoms with Crippen LogP contribution in [0.5, 0.6) is 0 Å². The molecule has 0 saturated heterocycles. The second-order valence-corrected chi connectivity index (χ2v) is 9.75. The van der Waals surface area contributed by atoms with Crippen molar-refractivity contribution in [1.82, 2.24) is 30.1 Å². The molecule has 6 rings (SSSR count). The van der Waals surface area contributed by atoms with Gasteiger partial charge in [-0.05, 0) is 76.7 Å². The Labute approximate surface area is 213 Å². The number of aromatic nitrogens is 5. The summed E-state index contributed by atoms with van der Waals surface area (Å²) >= 11 is 0. The van der Waals surface area contributed by atoms with Gasteiger partial charge in [0.15, 0.2) is 5.82 Å². The minimum Gasteiger partial charge on any atom is -0.321 e. The SMILES string of the molecule is Cc1ccc(C)c2[nH]c(=O)c([C@H](c3nnnn3Cc3ccc(F)cc3)N3CCc4ccccc4C3)cc12. The second-order valence-electron chi connectivity index (χ2n) is 9.75. The third-order valence-electron chi connectivity index (χ3n) is 7.34. The lowest BCUT2D eigenvalue weighted by atomic mass is 9.95. The molecule has 0 aliphatic carbocycles. The molecule has 1 aliphatic heterocycles. The standard InChI is InChI=1S/C29H27FN6O/c1-18-7-8-19(2)26-24(18)15-25(29(37)31-26)27(35-14-13-21-5-3-4-6-22(21)17-35)28-32-33-34-36(28)16-20-9-11-23(30)12-10-20/h3-12,15,27H,13-14,16-17H2,1-2H3,(H,31,37)/t27-/m1/s1. The maximum atomic E-state index is 13.6. The maximum absolute atomic E-state index is 13.6. The number of fused-ring (bicyclic) bond motifs is 2. The van der Waals surface area contributed by atoms with Gasteiger partial charge in [-0.2, -0.15) is 0 Å². The minimum absolute atomic E-state index is 0.151. The quantitative estimate of drug-likeness (QED) is 0.390. The van der Waals surface area contributed by atoms with E-state index in [1.165, 1.54) is 23.3 Å². The van der Waals surface area contributed by atoms with E-state index in [0.717, 1.165) is 40.6 Å². The van der Waals surface area contributed by atoms with Crippen molar-refractivity contribution in [2.75, 3.05) is 6.54 Å². The molecular formula is C29H27FN6O. The number of rotatable bonds is 5. The first-order valence-corrected chi connectivity index (χ1v) is 12.4. The highest BCUT2D eigenvalue weighted by atomic mass is 19.1. The van der Waals surface area contributed by atoms with Crippen LogP contribution in [0.1, 0.15) is 45.2 Å². The number of hydrogen-bond acceptors (Lipinski definition) is 5. The number of aromatic amines is 1. The average molecular weight is 495 g/mol. The molecule has 0 bridgehead atoms. The Kier molecular flexibility index (Phi) is 5.88. The monoisotopic (exact) mass is 494 g/mol. The molecule has 1 N–H and O–H groups in total. The van der Waals surface area contributed by atoms with Crippen LogP contribution >= 0.6 is 0 Å². The van der Waals surface area contributed by atoms with E-state index in [2.05, 4.69) is 56.6 Å². The van der Waals surface area contributed by atoms with Crippen LogP contribution in [-0.2, 0) is 19.5 Å². The molecule has 0 radical (unpaired) electrons. The third-order valence-corrected chi connectivity index (χ3v) is 7.34. The van der Waals surface area contributed by atoms with Gasteiger partial charge in [0.2, 0.25) is 0 Å². The number of nitrogens with one attached hydrogen (secondary N) is 1. The zero-order valence-corrected chi connectivity index (χ0v) is 20.8. The fourth-order valence-corrected chi connectivity index (χ4v) is 5.31. The molecule has 3 aromatic carbocycles. The lowest BCUT2D eigenvalue weighted by Crippen LogP contribution is -2.38. The molecule has 0 fully saturated rings. The van der Waals surface area contributed by atoms with Crippen LogP contribution in [0.15, 0.2) is 71.5 Å². The van der Waals surface area contributed by atoms with Crippen molar-refractivity contribution in [3.05, 3.63) is 122 Å². The van der Waals surface area contributed by atoms with E-state index in [-0.39, 0.29) is 11.4 Å². The average Bonchev–Trinajstić information content (AvgIpc) is 3.36. The largest absolute Gasteiger partial charge is 0.321 e. The number of nitrogens with zero attached hydrogens (tertiary/aromatic N) is 5. The van der Waals surface area contributed by atoms with Crippen molar-refractivity contribution in [2.45, 2.75) is 39.4 Å². The normalized spacial score (nSPS) is 14.6. The van der Waals surface area contributed by atoms with Gasteiger partial charge < -0.3 is 4.98 Å². The van der Waals surface area contributed by atoms with Gasteiger partial charge >= 0.3 is 0 Å². The molecule has 7 nitrogen and oxygen atoms in total. The summed E-state index contributed by atoms with van der Waals surface area (Å²) in [6.45, 7) is 5.85. The lowest BCUT2D eigenvalue weighted by molar-refractivity contribution is 0.194. The first-order chi connectivity index (χ1) is 18.0. The van der Waals surface area contributed by atoms with E-state index in [9.17, 15) is 9.18 Å². The predicted octanol–water partition coefficient (Wildman–Crippen LogP) is 4.47.